The normalized spacial score (nSPS) is 11.6. The highest BCUT2D eigenvalue weighted by molar-refractivity contribution is 5.68. The van der Waals surface area contributed by atoms with Gasteiger partial charge in [0, 0.05) is 37.6 Å². The molecule has 0 spiro atoms. The fourth-order valence-corrected chi connectivity index (χ4v) is 1.92. The van der Waals surface area contributed by atoms with E-state index in [4.69, 9.17) is 4.74 Å². The lowest BCUT2D eigenvalue weighted by Crippen LogP contribution is -2.44. The number of carbonyl (C=O) groups is 1. The van der Waals surface area contributed by atoms with E-state index in [9.17, 15) is 4.79 Å². The number of hydrogen-bond donors (Lipinski definition) is 1. The maximum Gasteiger partial charge on any atom is 0.410 e. The Hall–Kier alpha value is -1.62. The summed E-state index contributed by atoms with van der Waals surface area (Å²) in [5.41, 5.74) is 1.68. The van der Waals surface area contributed by atoms with Crippen molar-refractivity contribution in [2.45, 2.75) is 59.7 Å². The molecule has 1 aromatic heterocycles. The number of ether oxygens (including phenoxy) is 1. The van der Waals surface area contributed by atoms with Gasteiger partial charge in [-0.3, -0.25) is 4.98 Å². The summed E-state index contributed by atoms with van der Waals surface area (Å²) in [6, 6.07) is 4.17. The summed E-state index contributed by atoms with van der Waals surface area (Å²) >= 11 is 0. The zero-order valence-electron chi connectivity index (χ0n) is 14.6. The van der Waals surface area contributed by atoms with Crippen molar-refractivity contribution in [2.75, 3.05) is 13.1 Å². The average molecular weight is 307 g/mol. The van der Waals surface area contributed by atoms with Gasteiger partial charge in [-0.05, 0) is 53.2 Å². The molecule has 22 heavy (non-hydrogen) atoms. The van der Waals surface area contributed by atoms with Crippen LogP contribution in [0.4, 0.5) is 4.79 Å². The Balaban J connectivity index is 2.41. The van der Waals surface area contributed by atoms with Gasteiger partial charge in [0.2, 0.25) is 0 Å². The highest BCUT2D eigenvalue weighted by Gasteiger charge is 2.23. The molecule has 0 unspecified atom stereocenters. The van der Waals surface area contributed by atoms with Crippen molar-refractivity contribution in [1.29, 1.82) is 0 Å². The van der Waals surface area contributed by atoms with Crippen molar-refractivity contribution < 1.29 is 9.53 Å². The first-order chi connectivity index (χ1) is 10.2. The molecule has 0 aliphatic rings. The van der Waals surface area contributed by atoms with Gasteiger partial charge >= 0.3 is 6.09 Å². The van der Waals surface area contributed by atoms with E-state index in [0.29, 0.717) is 13.1 Å². The molecule has 0 aliphatic carbocycles. The van der Waals surface area contributed by atoms with Crippen LogP contribution in [-0.2, 0) is 11.3 Å². The molecule has 5 heteroatoms. The number of pyridine rings is 1. The Morgan fingerprint density at radius 3 is 2.55 bits per heavy atom. The molecule has 1 rings (SSSR count). The van der Waals surface area contributed by atoms with E-state index in [1.165, 1.54) is 0 Å². The van der Waals surface area contributed by atoms with E-state index in [0.717, 1.165) is 17.8 Å². The Kier molecular flexibility index (Phi) is 6.81. The van der Waals surface area contributed by atoms with Gasteiger partial charge < -0.3 is 15.0 Å². The second-order valence-corrected chi connectivity index (χ2v) is 6.75. The molecule has 1 heterocycles. The number of rotatable bonds is 6. The minimum absolute atomic E-state index is 0.109. The second kappa shape index (κ2) is 8.13. The number of hydrogen-bond acceptors (Lipinski definition) is 4. The number of nitrogens with zero attached hydrogens (tertiary/aromatic N) is 2. The molecule has 0 radical (unpaired) electrons. The van der Waals surface area contributed by atoms with Gasteiger partial charge in [-0.2, -0.15) is 0 Å². The summed E-state index contributed by atoms with van der Waals surface area (Å²) in [7, 11) is 0. The van der Waals surface area contributed by atoms with Crippen molar-refractivity contribution >= 4 is 6.09 Å². The molecule has 0 aromatic carbocycles. The van der Waals surface area contributed by atoms with Crippen LogP contribution >= 0.6 is 0 Å². The van der Waals surface area contributed by atoms with Crippen LogP contribution in [0, 0.1) is 6.92 Å². The first-order valence-electron chi connectivity index (χ1n) is 7.81. The summed E-state index contributed by atoms with van der Waals surface area (Å²) in [4.78, 5) is 18.2. The molecule has 0 bridgehead atoms. The van der Waals surface area contributed by atoms with E-state index >= 15 is 0 Å². The molecular formula is C17H29N3O2. The van der Waals surface area contributed by atoms with Crippen LogP contribution in [0.5, 0.6) is 0 Å². The van der Waals surface area contributed by atoms with E-state index < -0.39 is 5.60 Å². The summed E-state index contributed by atoms with van der Waals surface area (Å²) in [6.45, 7) is 13.7. The van der Waals surface area contributed by atoms with E-state index in [2.05, 4.69) is 16.4 Å². The number of nitrogens with one attached hydrogen (secondary N) is 1. The van der Waals surface area contributed by atoms with Gasteiger partial charge in [0.1, 0.15) is 5.60 Å². The monoisotopic (exact) mass is 307 g/mol. The maximum absolute atomic E-state index is 12.2. The molecule has 124 valence electrons. The van der Waals surface area contributed by atoms with Gasteiger partial charge in [0.15, 0.2) is 0 Å². The summed E-state index contributed by atoms with van der Waals surface area (Å²) in [5, 5.41) is 3.33. The first-order valence-corrected chi connectivity index (χ1v) is 7.81. The Morgan fingerprint density at radius 1 is 1.36 bits per heavy atom. The molecule has 0 aliphatic heterocycles. The predicted molar refractivity (Wildman–Crippen MR) is 88.8 cm³/mol. The summed E-state index contributed by atoms with van der Waals surface area (Å²) < 4.78 is 5.44. The summed E-state index contributed by atoms with van der Waals surface area (Å²) in [6.07, 6.45) is 1.61. The van der Waals surface area contributed by atoms with Crippen molar-refractivity contribution in [1.82, 2.24) is 15.2 Å². The lowest BCUT2D eigenvalue weighted by molar-refractivity contribution is 0.0193. The van der Waals surface area contributed by atoms with E-state index in [1.807, 2.05) is 53.8 Å². The lowest BCUT2D eigenvalue weighted by Gasteiger charge is -2.30. The minimum atomic E-state index is -0.467. The number of carbonyl (C=O) groups excluding carboxylic acids is 1. The van der Waals surface area contributed by atoms with Crippen LogP contribution in [0.2, 0.25) is 0 Å². The molecule has 1 N–H and O–H groups in total. The highest BCUT2D eigenvalue weighted by Crippen LogP contribution is 2.11. The number of aromatic nitrogens is 1. The van der Waals surface area contributed by atoms with Crippen LogP contribution in [0.3, 0.4) is 0 Å². The third-order valence-corrected chi connectivity index (χ3v) is 3.08. The highest BCUT2D eigenvalue weighted by atomic mass is 16.6. The van der Waals surface area contributed by atoms with Gasteiger partial charge in [0.25, 0.3) is 0 Å². The van der Waals surface area contributed by atoms with Crippen molar-refractivity contribution in [2.24, 2.45) is 0 Å². The van der Waals surface area contributed by atoms with Gasteiger partial charge in [0.05, 0.1) is 0 Å². The van der Waals surface area contributed by atoms with Crippen LogP contribution in [0.25, 0.3) is 0 Å². The molecule has 0 atom stereocenters. The zero-order valence-corrected chi connectivity index (χ0v) is 14.6. The van der Waals surface area contributed by atoms with Crippen LogP contribution in [0.15, 0.2) is 18.3 Å². The summed E-state index contributed by atoms with van der Waals surface area (Å²) in [5.74, 6) is 0. The molecule has 0 saturated carbocycles. The Morgan fingerprint density at radius 2 is 2.05 bits per heavy atom. The van der Waals surface area contributed by atoms with Gasteiger partial charge in [-0.15, -0.1) is 0 Å². The van der Waals surface area contributed by atoms with Gasteiger partial charge in [-0.1, -0.05) is 6.07 Å². The molecule has 0 saturated heterocycles. The fourth-order valence-electron chi connectivity index (χ4n) is 1.92. The average Bonchev–Trinajstić information content (AvgIpc) is 2.38. The maximum atomic E-state index is 12.2. The molecular weight excluding hydrogens is 278 g/mol. The minimum Gasteiger partial charge on any atom is -0.444 e. The standard InChI is InChI=1S/C17H29N3O2/c1-13(2)20(16(21)22-17(4,5)6)10-9-18-11-15-8-7-14(3)19-12-15/h7-8,12-13,18H,9-11H2,1-6H3. The predicted octanol–water partition coefficient (Wildman–Crippen LogP) is 3.13. The van der Waals surface area contributed by atoms with Crippen molar-refractivity contribution in [3.05, 3.63) is 29.6 Å². The largest absolute Gasteiger partial charge is 0.444 e. The SMILES string of the molecule is Cc1ccc(CNCCN(C(=O)OC(C)(C)C)C(C)C)cn1. The van der Waals surface area contributed by atoms with Crippen LogP contribution in [-0.4, -0.2) is 40.7 Å². The smallest absolute Gasteiger partial charge is 0.410 e. The van der Waals surface area contributed by atoms with E-state index in [-0.39, 0.29) is 12.1 Å². The van der Waals surface area contributed by atoms with Crippen LogP contribution in [0.1, 0.15) is 45.9 Å². The Labute approximate surface area is 134 Å². The quantitative estimate of drug-likeness (QED) is 0.820. The van der Waals surface area contributed by atoms with Gasteiger partial charge in [-0.25, -0.2) is 4.79 Å². The van der Waals surface area contributed by atoms with Crippen molar-refractivity contribution in [3.8, 4) is 0 Å². The molecule has 0 fully saturated rings. The fraction of sp³-hybridized carbons (Fsp3) is 0.647. The first kappa shape index (κ1) is 18.4. The zero-order chi connectivity index (χ0) is 16.8. The van der Waals surface area contributed by atoms with Crippen molar-refractivity contribution in [3.63, 3.8) is 0 Å². The van der Waals surface area contributed by atoms with E-state index in [1.54, 1.807) is 4.90 Å². The third-order valence-electron chi connectivity index (χ3n) is 3.08. The van der Waals surface area contributed by atoms with Crippen LogP contribution < -0.4 is 5.32 Å². The Bertz CT molecular complexity index is 464. The molecule has 1 amide bonds. The topological polar surface area (TPSA) is 54.5 Å². The number of amides is 1. The lowest BCUT2D eigenvalue weighted by atomic mass is 10.2. The molecule has 1 aromatic rings. The second-order valence-electron chi connectivity index (χ2n) is 6.75. The third kappa shape index (κ3) is 6.89. The molecule has 5 nitrogen and oxygen atoms in total. The number of aryl methyl sites for hydroxylation is 1.